The lowest BCUT2D eigenvalue weighted by atomic mass is 10.4. The number of allylic oxidation sites excluding steroid dienone is 1. The molecule has 1 rings (SSSR count). The van der Waals surface area contributed by atoms with Crippen LogP contribution in [0.3, 0.4) is 0 Å². The third-order valence-electron chi connectivity index (χ3n) is 1.38. The molecule has 14 heavy (non-hydrogen) atoms. The van der Waals surface area contributed by atoms with Crippen molar-refractivity contribution in [2.45, 2.75) is 0 Å². The van der Waals surface area contributed by atoms with E-state index in [-0.39, 0.29) is 4.91 Å². The predicted molar refractivity (Wildman–Crippen MR) is 57.8 cm³/mol. The van der Waals surface area contributed by atoms with Crippen molar-refractivity contribution in [3.05, 3.63) is 26.3 Å². The van der Waals surface area contributed by atoms with Crippen LogP contribution in [0, 0.1) is 11.3 Å². The molecule has 0 N–H and O–H groups in total. The molecular weight excluding hydrogens is 242 g/mol. The average Bonchev–Trinajstić information content (AvgIpc) is 2.45. The van der Waals surface area contributed by atoms with Crippen molar-refractivity contribution in [2.75, 3.05) is 6.26 Å². The maximum atomic E-state index is 11.1. The van der Waals surface area contributed by atoms with Crippen molar-refractivity contribution in [1.82, 2.24) is 0 Å². The van der Waals surface area contributed by atoms with Crippen LogP contribution in [-0.2, 0) is 9.84 Å². The molecule has 3 nitrogen and oxygen atoms in total. The van der Waals surface area contributed by atoms with Crippen LogP contribution in [0.15, 0.2) is 17.0 Å². The van der Waals surface area contributed by atoms with Crippen molar-refractivity contribution in [3.63, 3.8) is 0 Å². The lowest BCUT2D eigenvalue weighted by Crippen LogP contribution is -1.97. The summed E-state index contributed by atoms with van der Waals surface area (Å²) in [6, 6.07) is 4.95. The fraction of sp³-hybridized carbons (Fsp3) is 0.125. The number of sulfone groups is 1. The van der Waals surface area contributed by atoms with E-state index in [4.69, 9.17) is 16.9 Å². The molecule has 0 aromatic carbocycles. The van der Waals surface area contributed by atoms with Crippen LogP contribution in [0.5, 0.6) is 0 Å². The van der Waals surface area contributed by atoms with E-state index >= 15 is 0 Å². The lowest BCUT2D eigenvalue weighted by Gasteiger charge is -1.91. The Morgan fingerprint density at radius 1 is 1.64 bits per heavy atom. The Hall–Kier alpha value is -0.830. The van der Waals surface area contributed by atoms with Gasteiger partial charge in [-0.3, -0.25) is 0 Å². The van der Waals surface area contributed by atoms with Crippen LogP contribution in [0.25, 0.3) is 6.08 Å². The molecule has 0 unspecified atom stereocenters. The second kappa shape index (κ2) is 4.13. The molecule has 0 aliphatic carbocycles. The van der Waals surface area contributed by atoms with Crippen LogP contribution in [0.1, 0.15) is 4.88 Å². The van der Waals surface area contributed by atoms with E-state index in [0.29, 0.717) is 9.21 Å². The SMILES string of the molecule is CS(=O)(=O)/C(C#N)=C\c1ccc(Cl)s1. The molecule has 0 saturated heterocycles. The van der Waals surface area contributed by atoms with E-state index in [0.717, 1.165) is 6.26 Å². The number of hydrogen-bond acceptors (Lipinski definition) is 4. The van der Waals surface area contributed by atoms with E-state index < -0.39 is 9.84 Å². The van der Waals surface area contributed by atoms with Gasteiger partial charge in [-0.2, -0.15) is 5.26 Å². The van der Waals surface area contributed by atoms with Gasteiger partial charge in [-0.1, -0.05) is 11.6 Å². The smallest absolute Gasteiger partial charge is 0.185 e. The van der Waals surface area contributed by atoms with E-state index in [9.17, 15) is 8.42 Å². The lowest BCUT2D eigenvalue weighted by molar-refractivity contribution is 0.609. The molecule has 1 aromatic heterocycles. The number of halogens is 1. The van der Waals surface area contributed by atoms with E-state index in [1.54, 1.807) is 18.2 Å². The van der Waals surface area contributed by atoms with Gasteiger partial charge in [0, 0.05) is 11.1 Å². The Bertz CT molecular complexity index is 508. The van der Waals surface area contributed by atoms with Gasteiger partial charge in [-0.05, 0) is 18.2 Å². The van der Waals surface area contributed by atoms with Gasteiger partial charge in [0.1, 0.15) is 11.0 Å². The first-order valence-corrected chi connectivity index (χ1v) is 6.59. The summed E-state index contributed by atoms with van der Waals surface area (Å²) in [7, 11) is -3.44. The molecule has 0 bridgehead atoms. The van der Waals surface area contributed by atoms with Crippen molar-refractivity contribution < 1.29 is 8.42 Å². The second-order valence-electron chi connectivity index (χ2n) is 2.53. The zero-order valence-corrected chi connectivity index (χ0v) is 9.58. The first kappa shape index (κ1) is 11.2. The van der Waals surface area contributed by atoms with Gasteiger partial charge >= 0.3 is 0 Å². The number of thiophene rings is 1. The molecule has 0 spiro atoms. The van der Waals surface area contributed by atoms with Crippen LogP contribution in [0.4, 0.5) is 0 Å². The van der Waals surface area contributed by atoms with Crippen molar-refractivity contribution in [2.24, 2.45) is 0 Å². The summed E-state index contributed by atoms with van der Waals surface area (Å²) in [5.41, 5.74) is 0. The summed E-state index contributed by atoms with van der Waals surface area (Å²) < 4.78 is 22.7. The van der Waals surface area contributed by atoms with Crippen LogP contribution >= 0.6 is 22.9 Å². The highest BCUT2D eigenvalue weighted by atomic mass is 35.5. The van der Waals surface area contributed by atoms with Crippen LogP contribution < -0.4 is 0 Å². The third-order valence-corrected chi connectivity index (χ3v) is 3.56. The van der Waals surface area contributed by atoms with Crippen LogP contribution in [0.2, 0.25) is 4.34 Å². The summed E-state index contributed by atoms with van der Waals surface area (Å²) in [6.07, 6.45) is 2.31. The highest BCUT2D eigenvalue weighted by molar-refractivity contribution is 7.95. The Balaban J connectivity index is 3.16. The van der Waals surface area contributed by atoms with Gasteiger partial charge < -0.3 is 0 Å². The zero-order chi connectivity index (χ0) is 10.8. The molecule has 1 aromatic rings. The number of hydrogen-bond donors (Lipinski definition) is 0. The molecule has 74 valence electrons. The van der Waals surface area contributed by atoms with E-state index in [2.05, 4.69) is 0 Å². The highest BCUT2D eigenvalue weighted by Gasteiger charge is 2.10. The second-order valence-corrected chi connectivity index (χ2v) is 6.27. The molecule has 0 aliphatic rings. The molecule has 0 fully saturated rings. The predicted octanol–water partition coefficient (Wildman–Crippen LogP) is 2.31. The summed E-state index contributed by atoms with van der Waals surface area (Å²) in [6.45, 7) is 0. The molecule has 6 heteroatoms. The maximum Gasteiger partial charge on any atom is 0.185 e. The molecule has 0 amide bonds. The van der Waals surface area contributed by atoms with Crippen LogP contribution in [-0.4, -0.2) is 14.7 Å². The van der Waals surface area contributed by atoms with Gasteiger partial charge in [0.15, 0.2) is 9.84 Å². The van der Waals surface area contributed by atoms with Gasteiger partial charge in [-0.25, -0.2) is 8.42 Å². The normalized spacial score (nSPS) is 12.5. The van der Waals surface area contributed by atoms with Crippen molar-refractivity contribution >= 4 is 38.9 Å². The van der Waals surface area contributed by atoms with E-state index in [1.165, 1.54) is 17.4 Å². The van der Waals surface area contributed by atoms with Gasteiger partial charge in [0.2, 0.25) is 0 Å². The standard InChI is InChI=1S/C8H6ClNO2S2/c1-14(11,12)7(5-10)4-6-2-3-8(9)13-6/h2-4H,1H3/b7-4-. The minimum absolute atomic E-state index is 0.254. The Kier molecular flexibility index (Phi) is 3.32. The molecule has 0 atom stereocenters. The Morgan fingerprint density at radius 2 is 2.29 bits per heavy atom. The highest BCUT2D eigenvalue weighted by Crippen LogP contribution is 2.24. The summed E-state index contributed by atoms with van der Waals surface area (Å²) in [4.78, 5) is 0.396. The average molecular weight is 248 g/mol. The monoisotopic (exact) mass is 247 g/mol. The Labute approximate surface area is 91.2 Å². The summed E-state index contributed by atoms with van der Waals surface area (Å²) in [5.74, 6) is 0. The van der Waals surface area contributed by atoms with Gasteiger partial charge in [0.05, 0.1) is 4.34 Å². The van der Waals surface area contributed by atoms with Gasteiger partial charge in [0.25, 0.3) is 0 Å². The number of nitriles is 1. The topological polar surface area (TPSA) is 57.9 Å². The molecule has 1 heterocycles. The molecule has 0 saturated carbocycles. The fourth-order valence-electron chi connectivity index (χ4n) is 0.757. The van der Waals surface area contributed by atoms with Crippen molar-refractivity contribution in [3.8, 4) is 6.07 Å². The Morgan fingerprint density at radius 3 is 2.64 bits per heavy atom. The molecular formula is C8H6ClNO2S2. The fourth-order valence-corrected chi connectivity index (χ4v) is 2.34. The van der Waals surface area contributed by atoms with E-state index in [1.807, 2.05) is 0 Å². The van der Waals surface area contributed by atoms with Crippen molar-refractivity contribution in [1.29, 1.82) is 5.26 Å². The zero-order valence-electron chi connectivity index (χ0n) is 7.19. The first-order chi connectivity index (χ1) is 6.43. The minimum atomic E-state index is -3.44. The number of nitrogens with zero attached hydrogens (tertiary/aromatic N) is 1. The first-order valence-electron chi connectivity index (χ1n) is 3.50. The largest absolute Gasteiger partial charge is 0.223 e. The minimum Gasteiger partial charge on any atom is -0.223 e. The molecule has 0 radical (unpaired) electrons. The summed E-state index contributed by atoms with van der Waals surface area (Å²) >= 11 is 6.88. The summed E-state index contributed by atoms with van der Waals surface area (Å²) in [5, 5.41) is 8.60. The molecule has 0 aliphatic heterocycles. The quantitative estimate of drug-likeness (QED) is 0.754. The third kappa shape index (κ3) is 2.84. The van der Waals surface area contributed by atoms with Gasteiger partial charge in [-0.15, -0.1) is 11.3 Å². The number of rotatable bonds is 2. The maximum absolute atomic E-state index is 11.1.